The molecule has 116 valence electrons. The number of piperidine rings is 1. The predicted octanol–water partition coefficient (Wildman–Crippen LogP) is 1.69. The van der Waals surface area contributed by atoms with E-state index >= 15 is 0 Å². The molecule has 21 heavy (non-hydrogen) atoms. The topological polar surface area (TPSA) is 78.6 Å². The molecule has 2 rings (SSSR count). The molecule has 0 bridgehead atoms. The van der Waals surface area contributed by atoms with Gasteiger partial charge in [-0.25, -0.2) is 0 Å². The Kier molecular flexibility index (Phi) is 6.02. The van der Waals surface area contributed by atoms with E-state index in [0.29, 0.717) is 24.6 Å². The number of hydrogen-bond donors (Lipinski definition) is 3. The van der Waals surface area contributed by atoms with Gasteiger partial charge in [0.2, 0.25) is 5.91 Å². The average Bonchev–Trinajstić information content (AvgIpc) is 2.48. The zero-order valence-electron chi connectivity index (χ0n) is 12.4. The van der Waals surface area contributed by atoms with Crippen LogP contribution in [0.2, 0.25) is 0 Å². The lowest BCUT2D eigenvalue weighted by molar-refractivity contribution is -0.116. The molecule has 1 fully saturated rings. The third-order valence-electron chi connectivity index (χ3n) is 4.01. The molecule has 1 aliphatic heterocycles. The summed E-state index contributed by atoms with van der Waals surface area (Å²) >= 11 is 0. The number of hydrogen-bond acceptors (Lipinski definition) is 4. The molecule has 1 aromatic carbocycles. The molecule has 1 aromatic rings. The summed E-state index contributed by atoms with van der Waals surface area (Å²) in [6.45, 7) is 3.31. The molecule has 1 amide bonds. The van der Waals surface area contributed by atoms with Crippen molar-refractivity contribution in [3.05, 3.63) is 24.3 Å². The predicted molar refractivity (Wildman–Crippen MR) is 85.0 cm³/mol. The van der Waals surface area contributed by atoms with Gasteiger partial charge in [0.25, 0.3) is 0 Å². The van der Waals surface area contributed by atoms with Crippen LogP contribution in [0.4, 0.5) is 11.4 Å². The highest BCUT2D eigenvalue weighted by molar-refractivity contribution is 5.91. The number of benzene rings is 1. The Morgan fingerprint density at radius 1 is 1.38 bits per heavy atom. The maximum Gasteiger partial charge on any atom is 0.224 e. The first kappa shape index (κ1) is 15.8. The Balaban J connectivity index is 1.63. The van der Waals surface area contributed by atoms with Gasteiger partial charge in [-0.05, 0) is 63.0 Å². The number of nitrogen functional groups attached to an aromatic ring is 1. The van der Waals surface area contributed by atoms with Crippen LogP contribution in [0.15, 0.2) is 24.3 Å². The normalized spacial score (nSPS) is 16.8. The van der Waals surface area contributed by atoms with Crippen molar-refractivity contribution in [1.29, 1.82) is 0 Å². The van der Waals surface area contributed by atoms with Crippen molar-refractivity contribution in [3.63, 3.8) is 0 Å². The second kappa shape index (κ2) is 8.00. The van der Waals surface area contributed by atoms with Crippen LogP contribution < -0.4 is 11.1 Å². The van der Waals surface area contributed by atoms with E-state index in [-0.39, 0.29) is 5.91 Å². The Morgan fingerprint density at radius 3 is 2.81 bits per heavy atom. The lowest BCUT2D eigenvalue weighted by Crippen LogP contribution is -2.35. The van der Waals surface area contributed by atoms with Crippen molar-refractivity contribution in [2.24, 2.45) is 5.92 Å². The van der Waals surface area contributed by atoms with Gasteiger partial charge in [-0.1, -0.05) is 6.07 Å². The van der Waals surface area contributed by atoms with E-state index in [2.05, 4.69) is 10.2 Å². The van der Waals surface area contributed by atoms with Crippen molar-refractivity contribution in [2.45, 2.75) is 25.7 Å². The lowest BCUT2D eigenvalue weighted by Gasteiger charge is -2.30. The van der Waals surface area contributed by atoms with Crippen LogP contribution in [0, 0.1) is 5.92 Å². The minimum atomic E-state index is 0.0332. The van der Waals surface area contributed by atoms with Gasteiger partial charge in [0, 0.05) is 24.4 Å². The smallest absolute Gasteiger partial charge is 0.224 e. The third kappa shape index (κ3) is 5.36. The van der Waals surface area contributed by atoms with E-state index in [4.69, 9.17) is 10.8 Å². The third-order valence-corrected chi connectivity index (χ3v) is 4.01. The van der Waals surface area contributed by atoms with Gasteiger partial charge in [0.05, 0.1) is 0 Å². The van der Waals surface area contributed by atoms with Gasteiger partial charge in [0.15, 0.2) is 0 Å². The van der Waals surface area contributed by atoms with E-state index in [1.54, 1.807) is 12.1 Å². The van der Waals surface area contributed by atoms with E-state index in [1.165, 1.54) is 0 Å². The maximum atomic E-state index is 11.9. The summed E-state index contributed by atoms with van der Waals surface area (Å²) in [5, 5.41) is 12.0. The molecule has 0 atom stereocenters. The number of anilines is 2. The van der Waals surface area contributed by atoms with E-state index < -0.39 is 0 Å². The molecule has 4 N–H and O–H groups in total. The zero-order valence-corrected chi connectivity index (χ0v) is 12.4. The second-order valence-electron chi connectivity index (χ2n) is 5.74. The van der Waals surface area contributed by atoms with Gasteiger partial charge in [-0.15, -0.1) is 0 Å². The fraction of sp³-hybridized carbons (Fsp3) is 0.562. The summed E-state index contributed by atoms with van der Waals surface area (Å²) in [5.74, 6) is 0.499. The van der Waals surface area contributed by atoms with Crippen molar-refractivity contribution < 1.29 is 9.90 Å². The number of rotatable bonds is 6. The fourth-order valence-corrected chi connectivity index (χ4v) is 2.70. The Bertz CT molecular complexity index is 457. The largest absolute Gasteiger partial charge is 0.399 e. The van der Waals surface area contributed by atoms with Gasteiger partial charge in [0.1, 0.15) is 0 Å². The van der Waals surface area contributed by atoms with Crippen LogP contribution in [0.5, 0.6) is 0 Å². The summed E-state index contributed by atoms with van der Waals surface area (Å²) in [6.07, 6.45) is 3.50. The lowest BCUT2D eigenvalue weighted by atomic mass is 9.98. The highest BCUT2D eigenvalue weighted by atomic mass is 16.3. The summed E-state index contributed by atoms with van der Waals surface area (Å²) in [5.41, 5.74) is 7.08. The summed E-state index contributed by atoms with van der Waals surface area (Å²) in [7, 11) is 0. The molecule has 0 aliphatic carbocycles. The van der Waals surface area contributed by atoms with Crippen molar-refractivity contribution in [1.82, 2.24) is 4.90 Å². The molecular weight excluding hydrogens is 266 g/mol. The Hall–Kier alpha value is -1.59. The molecule has 1 heterocycles. The molecule has 0 aromatic heterocycles. The van der Waals surface area contributed by atoms with E-state index in [9.17, 15) is 4.79 Å². The fourth-order valence-electron chi connectivity index (χ4n) is 2.70. The van der Waals surface area contributed by atoms with Crippen LogP contribution >= 0.6 is 0 Å². The Morgan fingerprint density at radius 2 is 2.14 bits per heavy atom. The number of nitrogens with two attached hydrogens (primary N) is 1. The van der Waals surface area contributed by atoms with Gasteiger partial charge in [-0.2, -0.15) is 0 Å². The first-order chi connectivity index (χ1) is 10.2. The van der Waals surface area contributed by atoms with Crippen molar-refractivity contribution >= 4 is 17.3 Å². The van der Waals surface area contributed by atoms with Crippen LogP contribution in [0.25, 0.3) is 0 Å². The van der Waals surface area contributed by atoms with E-state index in [1.807, 2.05) is 12.1 Å². The van der Waals surface area contributed by atoms with Crippen LogP contribution in [0.1, 0.15) is 25.7 Å². The summed E-state index contributed by atoms with van der Waals surface area (Å²) in [6, 6.07) is 7.23. The molecule has 0 saturated carbocycles. The molecule has 5 heteroatoms. The minimum absolute atomic E-state index is 0.0332. The summed E-state index contributed by atoms with van der Waals surface area (Å²) < 4.78 is 0. The molecular formula is C16H25N3O2. The number of carbonyl (C=O) groups excluding carboxylic acids is 1. The average molecular weight is 291 g/mol. The first-order valence-electron chi connectivity index (χ1n) is 7.66. The molecule has 5 nitrogen and oxygen atoms in total. The SMILES string of the molecule is Nc1cccc(NC(=O)CCCN2CCC(CO)CC2)c1. The number of nitrogens with zero attached hydrogens (tertiary/aromatic N) is 1. The van der Waals surface area contributed by atoms with E-state index in [0.717, 1.165) is 44.6 Å². The van der Waals surface area contributed by atoms with Gasteiger partial charge in [-0.3, -0.25) is 4.79 Å². The number of aliphatic hydroxyl groups excluding tert-OH is 1. The minimum Gasteiger partial charge on any atom is -0.399 e. The van der Waals surface area contributed by atoms with Crippen molar-refractivity contribution in [2.75, 3.05) is 37.3 Å². The highest BCUT2D eigenvalue weighted by Crippen LogP contribution is 2.17. The second-order valence-corrected chi connectivity index (χ2v) is 5.74. The Labute approximate surface area is 126 Å². The number of nitrogens with one attached hydrogen (secondary N) is 1. The molecule has 1 aliphatic rings. The van der Waals surface area contributed by atoms with Crippen LogP contribution in [-0.2, 0) is 4.79 Å². The van der Waals surface area contributed by atoms with Crippen LogP contribution in [0.3, 0.4) is 0 Å². The molecule has 0 radical (unpaired) electrons. The summed E-state index contributed by atoms with van der Waals surface area (Å²) in [4.78, 5) is 14.2. The quantitative estimate of drug-likeness (QED) is 0.697. The van der Waals surface area contributed by atoms with Crippen molar-refractivity contribution in [3.8, 4) is 0 Å². The standard InChI is InChI=1S/C16H25N3O2/c17-14-3-1-4-15(11-14)18-16(21)5-2-8-19-9-6-13(12-20)7-10-19/h1,3-4,11,13,20H,2,5-10,12,17H2,(H,18,21). The number of amides is 1. The first-order valence-corrected chi connectivity index (χ1v) is 7.66. The maximum absolute atomic E-state index is 11.9. The number of carbonyl (C=O) groups is 1. The van der Waals surface area contributed by atoms with Gasteiger partial charge < -0.3 is 21.1 Å². The number of likely N-dealkylation sites (tertiary alicyclic amines) is 1. The number of aliphatic hydroxyl groups is 1. The molecule has 1 saturated heterocycles. The monoisotopic (exact) mass is 291 g/mol. The molecule has 0 spiro atoms. The zero-order chi connectivity index (χ0) is 15.1. The molecule has 0 unspecified atom stereocenters. The van der Waals surface area contributed by atoms with Crippen LogP contribution in [-0.4, -0.2) is 42.2 Å². The van der Waals surface area contributed by atoms with Gasteiger partial charge >= 0.3 is 0 Å². The highest BCUT2D eigenvalue weighted by Gasteiger charge is 2.18.